The fraction of sp³-hybridized carbons (Fsp3) is 0.562. The summed E-state index contributed by atoms with van der Waals surface area (Å²) in [6.45, 7) is 5.10. The van der Waals surface area contributed by atoms with Gasteiger partial charge in [0.1, 0.15) is 5.75 Å². The average Bonchev–Trinajstić information content (AvgIpc) is 2.36. The van der Waals surface area contributed by atoms with Gasteiger partial charge in [-0.05, 0) is 38.6 Å². The third kappa shape index (κ3) is 6.99. The first-order chi connectivity index (χ1) is 9.88. The van der Waals surface area contributed by atoms with Gasteiger partial charge >= 0.3 is 0 Å². The number of benzene rings is 1. The summed E-state index contributed by atoms with van der Waals surface area (Å²) in [5.41, 5.74) is 6.32. The highest BCUT2D eigenvalue weighted by Gasteiger charge is 2.15. The standard InChI is InChI=1S/C16H27N3O2/c1-12(2)9-13(10-19(3)4)18-16(20)11-21-15-8-6-5-7-14(15)17/h5-8,12-13H,9-11,17H2,1-4H3,(H,18,20). The van der Waals surface area contributed by atoms with Crippen molar-refractivity contribution in [2.45, 2.75) is 26.3 Å². The largest absolute Gasteiger partial charge is 0.482 e. The molecular weight excluding hydrogens is 266 g/mol. The second-order valence-electron chi connectivity index (χ2n) is 5.98. The number of rotatable bonds is 8. The lowest BCUT2D eigenvalue weighted by molar-refractivity contribution is -0.124. The van der Waals surface area contributed by atoms with Crippen molar-refractivity contribution in [2.75, 3.05) is 33.0 Å². The molecule has 0 aliphatic heterocycles. The van der Waals surface area contributed by atoms with E-state index in [2.05, 4.69) is 24.1 Å². The maximum atomic E-state index is 12.0. The normalized spacial score (nSPS) is 12.5. The van der Waals surface area contributed by atoms with Crippen molar-refractivity contribution in [1.29, 1.82) is 0 Å². The van der Waals surface area contributed by atoms with E-state index in [0.717, 1.165) is 13.0 Å². The van der Waals surface area contributed by atoms with Crippen LogP contribution in [-0.4, -0.2) is 44.1 Å². The van der Waals surface area contributed by atoms with Crippen molar-refractivity contribution in [1.82, 2.24) is 10.2 Å². The molecular formula is C16H27N3O2. The van der Waals surface area contributed by atoms with Crippen molar-refractivity contribution >= 4 is 11.6 Å². The Balaban J connectivity index is 2.48. The Bertz CT molecular complexity index is 437. The van der Waals surface area contributed by atoms with Crippen LogP contribution in [0.4, 0.5) is 5.69 Å². The number of carbonyl (C=O) groups excluding carboxylic acids is 1. The van der Waals surface area contributed by atoms with Crippen molar-refractivity contribution in [3.8, 4) is 5.75 Å². The van der Waals surface area contributed by atoms with Crippen molar-refractivity contribution in [3.63, 3.8) is 0 Å². The Morgan fingerprint density at radius 2 is 2.00 bits per heavy atom. The Labute approximate surface area is 127 Å². The lowest BCUT2D eigenvalue weighted by atomic mass is 10.0. The molecule has 0 saturated carbocycles. The summed E-state index contributed by atoms with van der Waals surface area (Å²) in [4.78, 5) is 14.1. The highest BCUT2D eigenvalue weighted by molar-refractivity contribution is 5.78. The highest BCUT2D eigenvalue weighted by Crippen LogP contribution is 2.19. The first-order valence-electron chi connectivity index (χ1n) is 7.30. The molecule has 0 radical (unpaired) electrons. The van der Waals surface area contributed by atoms with Crippen LogP contribution in [-0.2, 0) is 4.79 Å². The molecule has 21 heavy (non-hydrogen) atoms. The fourth-order valence-corrected chi connectivity index (χ4v) is 2.21. The quantitative estimate of drug-likeness (QED) is 0.716. The molecule has 0 bridgehead atoms. The second-order valence-corrected chi connectivity index (χ2v) is 5.98. The van der Waals surface area contributed by atoms with Gasteiger partial charge in [0.2, 0.25) is 0 Å². The molecule has 0 fully saturated rings. The fourth-order valence-electron chi connectivity index (χ4n) is 2.21. The zero-order valence-electron chi connectivity index (χ0n) is 13.4. The summed E-state index contributed by atoms with van der Waals surface area (Å²) >= 11 is 0. The highest BCUT2D eigenvalue weighted by atomic mass is 16.5. The molecule has 0 aliphatic rings. The third-order valence-corrected chi connectivity index (χ3v) is 2.98. The van der Waals surface area contributed by atoms with Gasteiger partial charge in [-0.2, -0.15) is 0 Å². The van der Waals surface area contributed by atoms with E-state index in [1.54, 1.807) is 12.1 Å². The van der Waals surface area contributed by atoms with Gasteiger partial charge in [-0.15, -0.1) is 0 Å². The average molecular weight is 293 g/mol. The number of nitrogens with two attached hydrogens (primary N) is 1. The molecule has 1 atom stereocenters. The van der Waals surface area contributed by atoms with Crippen LogP contribution >= 0.6 is 0 Å². The Morgan fingerprint density at radius 1 is 1.33 bits per heavy atom. The van der Waals surface area contributed by atoms with E-state index < -0.39 is 0 Å². The SMILES string of the molecule is CC(C)CC(CN(C)C)NC(=O)COc1ccccc1N. The molecule has 1 unspecified atom stereocenters. The molecule has 5 heteroatoms. The zero-order valence-corrected chi connectivity index (χ0v) is 13.4. The molecule has 1 aromatic rings. The lowest BCUT2D eigenvalue weighted by Crippen LogP contribution is -2.44. The van der Waals surface area contributed by atoms with E-state index in [4.69, 9.17) is 10.5 Å². The molecule has 0 saturated heterocycles. The number of nitrogen functional groups attached to an aromatic ring is 1. The summed E-state index contributed by atoms with van der Waals surface area (Å²) in [6, 6.07) is 7.30. The lowest BCUT2D eigenvalue weighted by Gasteiger charge is -2.24. The summed E-state index contributed by atoms with van der Waals surface area (Å²) in [5, 5.41) is 3.02. The van der Waals surface area contributed by atoms with E-state index in [9.17, 15) is 4.79 Å². The number of para-hydroxylation sites is 2. The van der Waals surface area contributed by atoms with Gasteiger partial charge in [0.15, 0.2) is 6.61 Å². The third-order valence-electron chi connectivity index (χ3n) is 2.98. The first-order valence-corrected chi connectivity index (χ1v) is 7.30. The van der Waals surface area contributed by atoms with Crippen LogP contribution in [0.3, 0.4) is 0 Å². The number of anilines is 1. The number of carbonyl (C=O) groups is 1. The topological polar surface area (TPSA) is 67.6 Å². The van der Waals surface area contributed by atoms with Crippen molar-refractivity contribution in [2.24, 2.45) is 5.92 Å². The van der Waals surface area contributed by atoms with Crippen LogP contribution < -0.4 is 15.8 Å². The smallest absolute Gasteiger partial charge is 0.258 e. The number of amides is 1. The molecule has 0 spiro atoms. The summed E-state index contributed by atoms with van der Waals surface area (Å²) < 4.78 is 5.46. The first kappa shape index (κ1) is 17.3. The minimum Gasteiger partial charge on any atom is -0.482 e. The molecule has 1 rings (SSSR count). The minimum atomic E-state index is -0.120. The Kier molecular flexibility index (Phi) is 7.02. The second kappa shape index (κ2) is 8.52. The molecule has 0 heterocycles. The maximum absolute atomic E-state index is 12.0. The van der Waals surface area contributed by atoms with Crippen LogP contribution in [0, 0.1) is 5.92 Å². The van der Waals surface area contributed by atoms with Gasteiger partial charge in [-0.1, -0.05) is 26.0 Å². The summed E-state index contributed by atoms with van der Waals surface area (Å²) in [5.74, 6) is 0.951. The Morgan fingerprint density at radius 3 is 2.57 bits per heavy atom. The van der Waals surface area contributed by atoms with Gasteiger partial charge in [0.05, 0.1) is 5.69 Å². The number of hydrogen-bond acceptors (Lipinski definition) is 4. The monoisotopic (exact) mass is 293 g/mol. The van der Waals surface area contributed by atoms with Crippen LogP contribution in [0.5, 0.6) is 5.75 Å². The van der Waals surface area contributed by atoms with Crippen LogP contribution in [0.15, 0.2) is 24.3 Å². The van der Waals surface area contributed by atoms with Gasteiger partial charge in [-0.25, -0.2) is 0 Å². The number of ether oxygens (including phenoxy) is 1. The van der Waals surface area contributed by atoms with Crippen molar-refractivity contribution < 1.29 is 9.53 Å². The van der Waals surface area contributed by atoms with Gasteiger partial charge < -0.3 is 20.7 Å². The minimum absolute atomic E-state index is 0.0176. The molecule has 3 N–H and O–H groups in total. The number of nitrogens with zero attached hydrogens (tertiary/aromatic N) is 1. The molecule has 1 aromatic carbocycles. The number of hydrogen-bond donors (Lipinski definition) is 2. The summed E-state index contributed by atoms with van der Waals surface area (Å²) in [7, 11) is 4.00. The van der Waals surface area contributed by atoms with Crippen molar-refractivity contribution in [3.05, 3.63) is 24.3 Å². The van der Waals surface area contributed by atoms with E-state index in [0.29, 0.717) is 17.4 Å². The van der Waals surface area contributed by atoms with E-state index in [1.165, 1.54) is 0 Å². The van der Waals surface area contributed by atoms with Gasteiger partial charge in [-0.3, -0.25) is 4.79 Å². The zero-order chi connectivity index (χ0) is 15.8. The molecule has 5 nitrogen and oxygen atoms in total. The molecule has 0 aliphatic carbocycles. The Hall–Kier alpha value is -1.75. The maximum Gasteiger partial charge on any atom is 0.258 e. The predicted molar refractivity (Wildman–Crippen MR) is 86.3 cm³/mol. The predicted octanol–water partition coefficient (Wildman–Crippen LogP) is 1.74. The van der Waals surface area contributed by atoms with E-state index >= 15 is 0 Å². The summed E-state index contributed by atoms with van der Waals surface area (Å²) in [6.07, 6.45) is 0.942. The van der Waals surface area contributed by atoms with Gasteiger partial charge in [0, 0.05) is 12.6 Å². The molecule has 1 amide bonds. The molecule has 0 aromatic heterocycles. The van der Waals surface area contributed by atoms with Crippen LogP contribution in [0.25, 0.3) is 0 Å². The molecule has 118 valence electrons. The number of likely N-dealkylation sites (N-methyl/N-ethyl adjacent to an activating group) is 1. The van der Waals surface area contributed by atoms with E-state index in [-0.39, 0.29) is 18.6 Å². The van der Waals surface area contributed by atoms with Crippen LogP contribution in [0.2, 0.25) is 0 Å². The van der Waals surface area contributed by atoms with Crippen LogP contribution in [0.1, 0.15) is 20.3 Å². The van der Waals surface area contributed by atoms with E-state index in [1.807, 2.05) is 26.2 Å². The number of nitrogens with one attached hydrogen (secondary N) is 1. The van der Waals surface area contributed by atoms with Gasteiger partial charge in [0.25, 0.3) is 5.91 Å².